The second kappa shape index (κ2) is 3.19. The quantitative estimate of drug-likeness (QED) is 0.656. The molecule has 0 spiro atoms. The molecule has 1 heteroatoms. The minimum Gasteiger partial charge on any atom is -0.293 e. The number of rotatable bonds is 0. The van der Waals surface area contributed by atoms with E-state index < -0.39 is 0 Å². The fourth-order valence-corrected chi connectivity index (χ4v) is 2.97. The van der Waals surface area contributed by atoms with Crippen molar-refractivity contribution >= 4 is 16.6 Å². The third-order valence-corrected chi connectivity index (χ3v) is 3.64. The Morgan fingerprint density at radius 3 is 2.29 bits per heavy atom. The summed E-state index contributed by atoms with van der Waals surface area (Å²) >= 11 is 0. The maximum atomic E-state index is 12.5. The predicted octanol–water partition coefficient (Wildman–Crippen LogP) is 4.17. The van der Waals surface area contributed by atoms with E-state index >= 15 is 0 Å². The van der Waals surface area contributed by atoms with E-state index in [1.54, 1.807) is 0 Å². The van der Waals surface area contributed by atoms with Crippen LogP contribution < -0.4 is 0 Å². The minimum atomic E-state index is -0.0234. The zero-order valence-corrected chi connectivity index (χ0v) is 10.4. The molecule has 0 amide bonds. The first-order valence-electron chi connectivity index (χ1n) is 6.06. The summed E-state index contributed by atoms with van der Waals surface area (Å²) in [7, 11) is 0. The fraction of sp³-hybridized carbons (Fsp3) is 0.312. The topological polar surface area (TPSA) is 17.1 Å². The van der Waals surface area contributed by atoms with Gasteiger partial charge >= 0.3 is 0 Å². The zero-order valence-electron chi connectivity index (χ0n) is 10.4. The number of hydrogen-bond donors (Lipinski definition) is 0. The maximum absolute atomic E-state index is 12.5. The Kier molecular flexibility index (Phi) is 1.97. The van der Waals surface area contributed by atoms with Crippen LogP contribution in [0, 0.1) is 5.41 Å². The summed E-state index contributed by atoms with van der Waals surface area (Å²) in [5.74, 6) is 0.285. The first-order chi connectivity index (χ1) is 8.00. The van der Waals surface area contributed by atoms with Crippen LogP contribution in [-0.2, 0) is 0 Å². The summed E-state index contributed by atoms with van der Waals surface area (Å²) in [6.45, 7) is 6.42. The molecule has 0 radical (unpaired) electrons. The zero-order chi connectivity index (χ0) is 12.2. The van der Waals surface area contributed by atoms with E-state index in [0.717, 1.165) is 5.56 Å². The molecule has 1 atom stereocenters. The minimum absolute atomic E-state index is 0.00333. The molecule has 0 heterocycles. The van der Waals surface area contributed by atoms with Gasteiger partial charge in [-0.15, -0.1) is 0 Å². The molecule has 1 aliphatic carbocycles. The van der Waals surface area contributed by atoms with Crippen LogP contribution in [0.1, 0.15) is 42.6 Å². The van der Waals surface area contributed by atoms with Crippen molar-refractivity contribution in [3.05, 3.63) is 47.5 Å². The molecule has 2 aromatic carbocycles. The Hall–Kier alpha value is -1.63. The van der Waals surface area contributed by atoms with E-state index in [4.69, 9.17) is 0 Å². The predicted molar refractivity (Wildman–Crippen MR) is 70.5 cm³/mol. The van der Waals surface area contributed by atoms with Crippen LogP contribution in [0.25, 0.3) is 10.8 Å². The van der Waals surface area contributed by atoms with E-state index in [2.05, 4.69) is 45.0 Å². The second-order valence-corrected chi connectivity index (χ2v) is 5.91. The first-order valence-corrected chi connectivity index (χ1v) is 6.06. The van der Waals surface area contributed by atoms with Crippen LogP contribution in [0.4, 0.5) is 0 Å². The highest BCUT2D eigenvalue weighted by Crippen LogP contribution is 2.46. The molecule has 0 aromatic heterocycles. The van der Waals surface area contributed by atoms with Gasteiger partial charge in [-0.2, -0.15) is 0 Å². The monoisotopic (exact) mass is 224 g/mol. The van der Waals surface area contributed by atoms with E-state index in [9.17, 15) is 4.79 Å². The standard InChI is InChI=1S/C16H16O/c1-16(2,3)14-11-8-4-6-10-7-5-9-12(13(10)11)15(14)17/h4-9,14H,1-3H3. The van der Waals surface area contributed by atoms with Crippen LogP contribution in [0.15, 0.2) is 36.4 Å². The van der Waals surface area contributed by atoms with Gasteiger partial charge in [-0.05, 0) is 21.8 Å². The van der Waals surface area contributed by atoms with Gasteiger partial charge in [-0.25, -0.2) is 0 Å². The normalized spacial score (nSPS) is 19.0. The molecule has 2 aromatic rings. The van der Waals surface area contributed by atoms with Crippen LogP contribution in [-0.4, -0.2) is 5.78 Å². The lowest BCUT2D eigenvalue weighted by Gasteiger charge is -2.26. The first kappa shape index (κ1) is 10.5. The summed E-state index contributed by atoms with van der Waals surface area (Å²) in [6.07, 6.45) is 0. The lowest BCUT2D eigenvalue weighted by atomic mass is 9.76. The van der Waals surface area contributed by atoms with E-state index in [0.29, 0.717) is 0 Å². The molecule has 1 nitrogen and oxygen atoms in total. The van der Waals surface area contributed by atoms with Crippen molar-refractivity contribution in [3.8, 4) is 0 Å². The summed E-state index contributed by atoms with van der Waals surface area (Å²) in [4.78, 5) is 12.5. The molecule has 1 aliphatic rings. The molecule has 0 saturated heterocycles. The van der Waals surface area contributed by atoms with Crippen molar-refractivity contribution in [2.24, 2.45) is 5.41 Å². The molecule has 3 rings (SSSR count). The molecule has 0 fully saturated rings. The van der Waals surface area contributed by atoms with Crippen molar-refractivity contribution in [2.45, 2.75) is 26.7 Å². The molecule has 0 aliphatic heterocycles. The van der Waals surface area contributed by atoms with Crippen LogP contribution in [0.2, 0.25) is 0 Å². The number of benzene rings is 2. The third-order valence-electron chi connectivity index (χ3n) is 3.64. The van der Waals surface area contributed by atoms with Gasteiger partial charge in [0.1, 0.15) is 0 Å². The average molecular weight is 224 g/mol. The molecular weight excluding hydrogens is 208 g/mol. The smallest absolute Gasteiger partial charge is 0.171 e. The Labute approximate surface area is 101 Å². The van der Waals surface area contributed by atoms with Crippen molar-refractivity contribution in [1.29, 1.82) is 0 Å². The van der Waals surface area contributed by atoms with Gasteiger partial charge in [-0.1, -0.05) is 57.2 Å². The third kappa shape index (κ3) is 1.35. The molecule has 86 valence electrons. The fourth-order valence-electron chi connectivity index (χ4n) is 2.97. The van der Waals surface area contributed by atoms with Gasteiger partial charge in [0.25, 0.3) is 0 Å². The van der Waals surface area contributed by atoms with Crippen molar-refractivity contribution in [2.75, 3.05) is 0 Å². The highest BCUT2D eigenvalue weighted by molar-refractivity contribution is 6.18. The molecule has 1 unspecified atom stereocenters. The molecule has 0 N–H and O–H groups in total. The van der Waals surface area contributed by atoms with Gasteiger partial charge < -0.3 is 0 Å². The van der Waals surface area contributed by atoms with Crippen molar-refractivity contribution < 1.29 is 4.79 Å². The van der Waals surface area contributed by atoms with E-state index in [1.165, 1.54) is 16.3 Å². The van der Waals surface area contributed by atoms with Crippen molar-refractivity contribution in [3.63, 3.8) is 0 Å². The average Bonchev–Trinajstić information content (AvgIpc) is 2.54. The molecule has 0 bridgehead atoms. The van der Waals surface area contributed by atoms with E-state index in [-0.39, 0.29) is 17.1 Å². The van der Waals surface area contributed by atoms with Gasteiger partial charge in [0.05, 0.1) is 5.92 Å². The number of hydrogen-bond acceptors (Lipinski definition) is 1. The number of Topliss-reactive ketones (excluding diaryl/α,β-unsaturated/α-hetero) is 1. The highest BCUT2D eigenvalue weighted by Gasteiger charge is 2.39. The number of carbonyl (C=O) groups is 1. The number of carbonyl (C=O) groups excluding carboxylic acids is 1. The SMILES string of the molecule is CC(C)(C)C1C(=O)c2cccc3cccc1c23. The van der Waals surface area contributed by atoms with Crippen LogP contribution in [0.3, 0.4) is 0 Å². The summed E-state index contributed by atoms with van der Waals surface area (Å²) in [5, 5.41) is 2.35. The highest BCUT2D eigenvalue weighted by atomic mass is 16.1. The van der Waals surface area contributed by atoms with Gasteiger partial charge in [0.2, 0.25) is 0 Å². The molecular formula is C16H16O. The largest absolute Gasteiger partial charge is 0.293 e. The Balaban J connectivity index is 2.39. The lowest BCUT2D eigenvalue weighted by Crippen LogP contribution is -2.22. The lowest BCUT2D eigenvalue weighted by molar-refractivity contribution is 0.0909. The molecule has 0 saturated carbocycles. The van der Waals surface area contributed by atoms with Crippen LogP contribution >= 0.6 is 0 Å². The van der Waals surface area contributed by atoms with Crippen molar-refractivity contribution in [1.82, 2.24) is 0 Å². The number of ketones is 1. The Bertz CT molecular complexity index is 612. The van der Waals surface area contributed by atoms with E-state index in [1.807, 2.05) is 12.1 Å². The summed E-state index contributed by atoms with van der Waals surface area (Å²) in [6, 6.07) is 12.3. The van der Waals surface area contributed by atoms with Gasteiger partial charge in [-0.3, -0.25) is 4.79 Å². The molecule has 17 heavy (non-hydrogen) atoms. The summed E-state index contributed by atoms with van der Waals surface area (Å²) in [5.41, 5.74) is 2.08. The Morgan fingerprint density at radius 2 is 1.65 bits per heavy atom. The summed E-state index contributed by atoms with van der Waals surface area (Å²) < 4.78 is 0. The van der Waals surface area contributed by atoms with Gasteiger partial charge in [0.15, 0.2) is 5.78 Å². The maximum Gasteiger partial charge on any atom is 0.171 e. The second-order valence-electron chi connectivity index (χ2n) is 5.91. The van der Waals surface area contributed by atoms with Crippen LogP contribution in [0.5, 0.6) is 0 Å². The Morgan fingerprint density at radius 1 is 1.00 bits per heavy atom. The van der Waals surface area contributed by atoms with Gasteiger partial charge in [0, 0.05) is 5.56 Å².